The Morgan fingerprint density at radius 3 is 2.71 bits per heavy atom. The fraction of sp³-hybridized carbons (Fsp3) is 0.167. The van der Waals surface area contributed by atoms with Crippen molar-refractivity contribution in [3.05, 3.63) is 29.1 Å². The molecule has 1 atom stereocenters. The predicted octanol–water partition coefficient (Wildman–Crippen LogP) is -0.433. The van der Waals surface area contributed by atoms with Crippen LogP contribution in [0.4, 0.5) is 4.39 Å². The van der Waals surface area contributed by atoms with Gasteiger partial charge in [0.25, 0.3) is 5.91 Å². The number of hydrogen-bond donors (Lipinski definition) is 6. The van der Waals surface area contributed by atoms with E-state index in [2.05, 4.69) is 5.32 Å². The topological polar surface area (TPSA) is 170 Å². The van der Waals surface area contributed by atoms with Crippen molar-refractivity contribution in [1.82, 2.24) is 5.32 Å². The fourth-order valence-electron chi connectivity index (χ4n) is 2.15. The summed E-state index contributed by atoms with van der Waals surface area (Å²) in [7, 11) is -1.63. The van der Waals surface area contributed by atoms with Crippen LogP contribution in [0.3, 0.4) is 0 Å². The number of carboxylic acid groups (broad SMARTS) is 1. The molecule has 0 saturated carbocycles. The average Bonchev–Trinajstić information content (AvgIpc) is 2.47. The molecule has 1 aliphatic heterocycles. The van der Waals surface area contributed by atoms with Crippen LogP contribution in [0.5, 0.6) is 5.75 Å². The van der Waals surface area contributed by atoms with Crippen LogP contribution in [-0.2, 0) is 11.2 Å². The van der Waals surface area contributed by atoms with Gasteiger partial charge in [-0.1, -0.05) is 6.07 Å². The lowest BCUT2D eigenvalue weighted by Gasteiger charge is -2.28. The Morgan fingerprint density at radius 2 is 2.12 bits per heavy atom. The summed E-state index contributed by atoms with van der Waals surface area (Å²) in [5.41, 5.74) is 4.66. The van der Waals surface area contributed by atoms with E-state index >= 15 is 0 Å². The Bertz CT molecular complexity index is 746. The van der Waals surface area contributed by atoms with Gasteiger partial charge in [0.1, 0.15) is 17.1 Å². The molecule has 126 valence electrons. The van der Waals surface area contributed by atoms with E-state index < -0.39 is 46.5 Å². The first-order valence-corrected chi connectivity index (χ1v) is 7.33. The van der Waals surface area contributed by atoms with Gasteiger partial charge in [0.05, 0.1) is 5.94 Å². The second kappa shape index (κ2) is 6.89. The molecule has 0 radical (unpaired) electrons. The van der Waals surface area contributed by atoms with Gasteiger partial charge in [-0.05, 0) is 29.8 Å². The number of amidine groups is 1. The summed E-state index contributed by atoms with van der Waals surface area (Å²) >= 11 is 0.429. The van der Waals surface area contributed by atoms with Crippen molar-refractivity contribution in [2.45, 2.75) is 12.4 Å². The van der Waals surface area contributed by atoms with Crippen LogP contribution in [0.25, 0.3) is 0 Å². The predicted molar refractivity (Wildman–Crippen MR) is 84.8 cm³/mol. The number of carbonyl (C=O) groups excluding carboxylic acids is 1. The zero-order valence-corrected chi connectivity index (χ0v) is 12.8. The van der Waals surface area contributed by atoms with Crippen LogP contribution < -0.4 is 15.7 Å². The molecule has 0 unspecified atom stereocenters. The maximum Gasteiger partial charge on any atom is 0.547 e. The summed E-state index contributed by atoms with van der Waals surface area (Å²) in [4.78, 5) is 22.9. The van der Waals surface area contributed by atoms with Gasteiger partial charge in [-0.3, -0.25) is 15.6 Å². The minimum atomic E-state index is -1.63. The van der Waals surface area contributed by atoms with Gasteiger partial charge in [0.2, 0.25) is 0 Å². The number of amides is 1. The van der Waals surface area contributed by atoms with Crippen molar-refractivity contribution in [2.24, 2.45) is 5.73 Å². The molecule has 2 rings (SSSR count). The van der Waals surface area contributed by atoms with Crippen molar-refractivity contribution >= 4 is 41.0 Å². The molecular formula is C12H12BFN4O5S. The number of hydrogen-bond acceptors (Lipinski definition) is 7. The SMILES string of the molecule is N=C(N)SC(=N)C(=O)N[C@H]1Cc2ccc(F)c(C(=O)O)c2OB1O. The van der Waals surface area contributed by atoms with Gasteiger partial charge in [-0.2, -0.15) is 0 Å². The molecule has 0 aromatic heterocycles. The van der Waals surface area contributed by atoms with E-state index in [1.807, 2.05) is 0 Å². The third kappa shape index (κ3) is 3.66. The summed E-state index contributed by atoms with van der Waals surface area (Å²) in [6.07, 6.45) is -0.0270. The first-order chi connectivity index (χ1) is 11.2. The van der Waals surface area contributed by atoms with E-state index in [0.29, 0.717) is 11.8 Å². The number of benzene rings is 1. The molecule has 0 fully saturated rings. The third-order valence-electron chi connectivity index (χ3n) is 3.16. The van der Waals surface area contributed by atoms with Crippen LogP contribution in [0, 0.1) is 16.6 Å². The lowest BCUT2D eigenvalue weighted by molar-refractivity contribution is -0.115. The van der Waals surface area contributed by atoms with E-state index in [0.717, 1.165) is 6.07 Å². The van der Waals surface area contributed by atoms with E-state index in [-0.39, 0.29) is 17.7 Å². The van der Waals surface area contributed by atoms with E-state index in [1.54, 1.807) is 0 Å². The monoisotopic (exact) mass is 354 g/mol. The molecule has 1 heterocycles. The van der Waals surface area contributed by atoms with Gasteiger partial charge < -0.3 is 25.8 Å². The molecule has 1 aromatic carbocycles. The zero-order valence-electron chi connectivity index (χ0n) is 12.0. The molecule has 24 heavy (non-hydrogen) atoms. The Hall–Kier alpha value is -2.60. The summed E-state index contributed by atoms with van der Waals surface area (Å²) in [6, 6.07) is 2.24. The number of nitrogens with one attached hydrogen (secondary N) is 3. The van der Waals surface area contributed by atoms with Gasteiger partial charge >= 0.3 is 13.1 Å². The number of nitrogens with two attached hydrogens (primary N) is 1. The molecule has 9 nitrogen and oxygen atoms in total. The molecular weight excluding hydrogens is 342 g/mol. The van der Waals surface area contributed by atoms with Gasteiger partial charge in [0, 0.05) is 0 Å². The molecule has 1 amide bonds. The smallest absolute Gasteiger partial charge is 0.534 e. The number of halogens is 1. The number of fused-ring (bicyclic) bond motifs is 1. The van der Waals surface area contributed by atoms with Crippen LogP contribution in [0.15, 0.2) is 12.1 Å². The molecule has 1 aliphatic rings. The van der Waals surface area contributed by atoms with Crippen LogP contribution in [0.2, 0.25) is 0 Å². The molecule has 1 aromatic rings. The summed E-state index contributed by atoms with van der Waals surface area (Å²) in [6.45, 7) is 0. The summed E-state index contributed by atoms with van der Waals surface area (Å²) < 4.78 is 18.7. The molecule has 12 heteroatoms. The Kier molecular flexibility index (Phi) is 5.09. The maximum atomic E-state index is 13.6. The van der Waals surface area contributed by atoms with Gasteiger partial charge in [-0.15, -0.1) is 0 Å². The molecule has 0 spiro atoms. The Morgan fingerprint density at radius 1 is 1.46 bits per heavy atom. The zero-order chi connectivity index (χ0) is 18.0. The first-order valence-electron chi connectivity index (χ1n) is 6.51. The van der Waals surface area contributed by atoms with Crippen LogP contribution in [-0.4, -0.2) is 45.3 Å². The number of thioether (sulfide) groups is 1. The number of aromatic carboxylic acids is 1. The lowest BCUT2D eigenvalue weighted by atomic mass is 9.72. The minimum absolute atomic E-state index is 0.0270. The fourth-order valence-corrected chi connectivity index (χ4v) is 2.52. The van der Waals surface area contributed by atoms with Crippen molar-refractivity contribution in [3.8, 4) is 5.75 Å². The Labute approximate surface area is 139 Å². The van der Waals surface area contributed by atoms with E-state index in [1.165, 1.54) is 6.07 Å². The maximum absolute atomic E-state index is 13.6. The lowest BCUT2D eigenvalue weighted by Crippen LogP contribution is -2.54. The molecule has 0 saturated heterocycles. The highest BCUT2D eigenvalue weighted by molar-refractivity contribution is 8.27. The van der Waals surface area contributed by atoms with Gasteiger partial charge in [0.15, 0.2) is 10.2 Å². The highest BCUT2D eigenvalue weighted by Crippen LogP contribution is 2.32. The Balaban J connectivity index is 2.20. The van der Waals surface area contributed by atoms with Gasteiger partial charge in [-0.25, -0.2) is 9.18 Å². The van der Waals surface area contributed by atoms with E-state index in [4.69, 9.17) is 26.3 Å². The van der Waals surface area contributed by atoms with Crippen molar-refractivity contribution in [2.75, 3.05) is 0 Å². The quantitative estimate of drug-likeness (QED) is 0.238. The number of carbonyl (C=O) groups is 2. The standard InChI is InChI=1S/C12H12BFN4O5S/c14-5-2-1-4-3-6(18-10(19)9(15)24-12(16)17)13(22)23-8(4)7(5)11(20)21/h1-2,6,15,22H,3H2,(H3,16,17)(H,18,19)(H,20,21)/t6-/m0/s1. The first kappa shape index (κ1) is 17.8. The highest BCUT2D eigenvalue weighted by Gasteiger charge is 2.39. The molecule has 7 N–H and O–H groups in total. The summed E-state index contributed by atoms with van der Waals surface area (Å²) in [5.74, 6) is -4.71. The largest absolute Gasteiger partial charge is 0.547 e. The highest BCUT2D eigenvalue weighted by atomic mass is 32.2. The van der Waals surface area contributed by atoms with Crippen molar-refractivity contribution < 1.29 is 28.8 Å². The molecule has 0 bridgehead atoms. The summed E-state index contributed by atoms with van der Waals surface area (Å²) in [5, 5.41) is 34.8. The van der Waals surface area contributed by atoms with Crippen LogP contribution >= 0.6 is 11.8 Å². The number of carboxylic acids is 1. The van der Waals surface area contributed by atoms with Crippen LogP contribution in [0.1, 0.15) is 15.9 Å². The molecule has 0 aliphatic carbocycles. The average molecular weight is 354 g/mol. The number of rotatable bonds is 2. The minimum Gasteiger partial charge on any atom is -0.534 e. The van der Waals surface area contributed by atoms with Crippen molar-refractivity contribution in [1.29, 1.82) is 10.8 Å². The van der Waals surface area contributed by atoms with Crippen molar-refractivity contribution in [3.63, 3.8) is 0 Å². The second-order valence-electron chi connectivity index (χ2n) is 4.80. The second-order valence-corrected chi connectivity index (χ2v) is 5.86. The normalized spacial score (nSPS) is 15.9. The van der Waals surface area contributed by atoms with E-state index in [9.17, 15) is 19.0 Å². The third-order valence-corrected chi connectivity index (χ3v) is 3.77.